The van der Waals surface area contributed by atoms with Crippen molar-refractivity contribution in [3.05, 3.63) is 118 Å². The van der Waals surface area contributed by atoms with Gasteiger partial charge in [0, 0.05) is 31.9 Å². The maximum atomic E-state index is 13.3. The number of hydrogen-bond donors (Lipinski definition) is 2. The molecule has 4 aromatic rings. The molecular formula is C28H22Cl2N2O3S. The number of benzene rings is 4. The molecule has 0 spiro atoms. The highest BCUT2D eigenvalue weighted by molar-refractivity contribution is 8.00. The van der Waals surface area contributed by atoms with Crippen LogP contribution in [0.4, 0.5) is 11.4 Å². The fourth-order valence-corrected chi connectivity index (χ4v) is 5.09. The third-order valence-corrected chi connectivity index (χ3v) is 6.83. The van der Waals surface area contributed by atoms with Gasteiger partial charge in [0.2, 0.25) is 5.91 Å². The average Bonchev–Trinajstić information content (AvgIpc) is 2.87. The number of carbonyl (C=O) groups excluding carboxylic acids is 2. The van der Waals surface area contributed by atoms with Crippen LogP contribution < -0.4 is 15.4 Å². The number of amides is 2. The third kappa shape index (κ3) is 6.82. The van der Waals surface area contributed by atoms with E-state index in [-0.39, 0.29) is 11.8 Å². The number of anilines is 2. The summed E-state index contributed by atoms with van der Waals surface area (Å²) in [6.45, 7) is 0. The molecule has 0 saturated heterocycles. The van der Waals surface area contributed by atoms with Gasteiger partial charge >= 0.3 is 0 Å². The van der Waals surface area contributed by atoms with E-state index in [1.807, 2.05) is 48.5 Å². The second-order valence-electron chi connectivity index (χ2n) is 7.77. The highest BCUT2D eigenvalue weighted by atomic mass is 35.5. The molecule has 8 heteroatoms. The van der Waals surface area contributed by atoms with Crippen LogP contribution in [0.2, 0.25) is 10.0 Å². The Morgan fingerprint density at radius 2 is 1.50 bits per heavy atom. The lowest BCUT2D eigenvalue weighted by Gasteiger charge is -2.18. The summed E-state index contributed by atoms with van der Waals surface area (Å²) in [6, 6.07) is 28.7. The van der Waals surface area contributed by atoms with Gasteiger partial charge in [-0.1, -0.05) is 65.7 Å². The zero-order chi connectivity index (χ0) is 25.5. The van der Waals surface area contributed by atoms with E-state index in [1.54, 1.807) is 55.6 Å². The van der Waals surface area contributed by atoms with E-state index in [0.717, 1.165) is 10.5 Å². The van der Waals surface area contributed by atoms with Crippen molar-refractivity contribution in [1.29, 1.82) is 0 Å². The molecule has 5 nitrogen and oxygen atoms in total. The molecule has 36 heavy (non-hydrogen) atoms. The highest BCUT2D eigenvalue weighted by Gasteiger charge is 2.23. The van der Waals surface area contributed by atoms with Gasteiger partial charge in [0.15, 0.2) is 0 Å². The lowest BCUT2D eigenvalue weighted by molar-refractivity contribution is -0.115. The fourth-order valence-electron chi connectivity index (χ4n) is 3.49. The van der Waals surface area contributed by atoms with Crippen LogP contribution in [0.1, 0.15) is 21.2 Å². The van der Waals surface area contributed by atoms with E-state index in [4.69, 9.17) is 27.9 Å². The molecule has 0 aliphatic carbocycles. The molecule has 0 aromatic heterocycles. The minimum Gasteiger partial charge on any atom is -0.497 e. The molecule has 1 atom stereocenters. The van der Waals surface area contributed by atoms with Gasteiger partial charge in [0.05, 0.1) is 7.11 Å². The summed E-state index contributed by atoms with van der Waals surface area (Å²) in [5.74, 6) is 0.117. The van der Waals surface area contributed by atoms with Crippen LogP contribution in [0.15, 0.2) is 102 Å². The molecule has 4 aromatic carbocycles. The predicted molar refractivity (Wildman–Crippen MR) is 148 cm³/mol. The van der Waals surface area contributed by atoms with Crippen LogP contribution >= 0.6 is 35.0 Å². The quantitative estimate of drug-likeness (QED) is 0.226. The van der Waals surface area contributed by atoms with Gasteiger partial charge in [-0.05, 0) is 60.2 Å². The Hall–Kier alpha value is -3.45. The van der Waals surface area contributed by atoms with Crippen molar-refractivity contribution in [3.8, 4) is 5.75 Å². The molecule has 2 amide bonds. The van der Waals surface area contributed by atoms with Crippen LogP contribution in [0.5, 0.6) is 5.75 Å². The monoisotopic (exact) mass is 536 g/mol. The molecule has 0 radical (unpaired) electrons. The number of rotatable bonds is 8. The first-order valence-electron chi connectivity index (χ1n) is 11.0. The van der Waals surface area contributed by atoms with Crippen molar-refractivity contribution >= 4 is 58.2 Å². The van der Waals surface area contributed by atoms with Crippen LogP contribution in [0.25, 0.3) is 0 Å². The summed E-state index contributed by atoms with van der Waals surface area (Å²) in [7, 11) is 1.55. The number of halogens is 2. The molecule has 182 valence electrons. The van der Waals surface area contributed by atoms with E-state index in [0.29, 0.717) is 32.7 Å². The van der Waals surface area contributed by atoms with Crippen LogP contribution in [0.3, 0.4) is 0 Å². The molecule has 0 aliphatic heterocycles. The predicted octanol–water partition coefficient (Wildman–Crippen LogP) is 7.73. The van der Waals surface area contributed by atoms with E-state index in [2.05, 4.69) is 10.6 Å². The van der Waals surface area contributed by atoms with E-state index in [1.165, 1.54) is 11.8 Å². The first-order chi connectivity index (χ1) is 17.4. The van der Waals surface area contributed by atoms with Crippen LogP contribution in [-0.4, -0.2) is 18.9 Å². The Labute approximate surface area is 223 Å². The van der Waals surface area contributed by atoms with Gasteiger partial charge in [-0.3, -0.25) is 9.59 Å². The third-order valence-electron chi connectivity index (χ3n) is 5.15. The molecule has 1 unspecified atom stereocenters. The minimum atomic E-state index is -0.562. The number of carbonyl (C=O) groups is 2. The SMILES string of the molecule is COc1cccc(C(=O)Nc2cccc(SC(C(=O)Nc3cc(Cl)cc(Cl)c3)c3ccccc3)c2)c1. The second-order valence-corrected chi connectivity index (χ2v) is 9.82. The summed E-state index contributed by atoms with van der Waals surface area (Å²) in [5, 5.41) is 6.12. The summed E-state index contributed by atoms with van der Waals surface area (Å²) in [4.78, 5) is 26.9. The maximum Gasteiger partial charge on any atom is 0.255 e. The van der Waals surface area contributed by atoms with Gasteiger partial charge in [-0.2, -0.15) is 0 Å². The molecule has 0 aliphatic rings. The average molecular weight is 537 g/mol. The van der Waals surface area contributed by atoms with Gasteiger partial charge in [0.25, 0.3) is 5.91 Å². The molecular weight excluding hydrogens is 515 g/mol. The van der Waals surface area contributed by atoms with Crippen molar-refractivity contribution in [2.75, 3.05) is 17.7 Å². The first-order valence-corrected chi connectivity index (χ1v) is 12.6. The summed E-state index contributed by atoms with van der Waals surface area (Å²) >= 11 is 13.6. The molecule has 0 saturated carbocycles. The lowest BCUT2D eigenvalue weighted by Crippen LogP contribution is -2.19. The number of hydrogen-bond acceptors (Lipinski definition) is 4. The summed E-state index contributed by atoms with van der Waals surface area (Å²) < 4.78 is 5.20. The zero-order valence-electron chi connectivity index (χ0n) is 19.2. The molecule has 2 N–H and O–H groups in total. The second kappa shape index (κ2) is 12.0. The summed E-state index contributed by atoms with van der Waals surface area (Å²) in [5.41, 5.74) is 2.44. The van der Waals surface area contributed by atoms with Crippen molar-refractivity contribution < 1.29 is 14.3 Å². The van der Waals surface area contributed by atoms with E-state index >= 15 is 0 Å². The number of nitrogens with one attached hydrogen (secondary N) is 2. The molecule has 0 fully saturated rings. The number of ether oxygens (including phenoxy) is 1. The van der Waals surface area contributed by atoms with Crippen molar-refractivity contribution in [3.63, 3.8) is 0 Å². The Balaban J connectivity index is 1.54. The zero-order valence-corrected chi connectivity index (χ0v) is 21.5. The lowest BCUT2D eigenvalue weighted by atomic mass is 10.1. The Bertz CT molecular complexity index is 1360. The maximum absolute atomic E-state index is 13.3. The Morgan fingerprint density at radius 3 is 2.22 bits per heavy atom. The smallest absolute Gasteiger partial charge is 0.255 e. The number of methoxy groups -OCH3 is 1. The fraction of sp³-hybridized carbons (Fsp3) is 0.0714. The van der Waals surface area contributed by atoms with E-state index < -0.39 is 5.25 Å². The molecule has 0 bridgehead atoms. The van der Waals surface area contributed by atoms with Crippen molar-refractivity contribution in [1.82, 2.24) is 0 Å². The van der Waals surface area contributed by atoms with E-state index in [9.17, 15) is 9.59 Å². The van der Waals surface area contributed by atoms with Crippen molar-refractivity contribution in [2.24, 2.45) is 0 Å². The minimum absolute atomic E-state index is 0.227. The number of thioether (sulfide) groups is 1. The van der Waals surface area contributed by atoms with Gasteiger partial charge in [0.1, 0.15) is 11.0 Å². The normalized spacial score (nSPS) is 11.4. The van der Waals surface area contributed by atoms with Crippen molar-refractivity contribution in [2.45, 2.75) is 10.1 Å². The standard InChI is InChI=1S/C28H22Cl2N2O3S/c1-35-24-11-5-9-19(13-24)27(33)31-22-10-6-12-25(17-22)36-26(18-7-3-2-4-8-18)28(34)32-23-15-20(29)14-21(30)16-23/h2-17,26H,1H3,(H,31,33)(H,32,34). The van der Waals surface area contributed by atoms with Crippen LogP contribution in [0, 0.1) is 0 Å². The molecule has 0 heterocycles. The largest absolute Gasteiger partial charge is 0.497 e. The Kier molecular flexibility index (Phi) is 8.54. The van der Waals surface area contributed by atoms with Gasteiger partial charge < -0.3 is 15.4 Å². The van der Waals surface area contributed by atoms with Crippen LogP contribution in [-0.2, 0) is 4.79 Å². The van der Waals surface area contributed by atoms with Gasteiger partial charge in [-0.25, -0.2) is 0 Å². The topological polar surface area (TPSA) is 67.4 Å². The summed E-state index contributed by atoms with van der Waals surface area (Å²) in [6.07, 6.45) is 0. The highest BCUT2D eigenvalue weighted by Crippen LogP contribution is 2.37. The van der Waals surface area contributed by atoms with Gasteiger partial charge in [-0.15, -0.1) is 11.8 Å². The first kappa shape index (κ1) is 25.6. The molecule has 4 rings (SSSR count). The Morgan fingerprint density at radius 1 is 0.778 bits per heavy atom.